The molecule has 0 saturated carbocycles. The number of nitrogens with zero attached hydrogens (tertiary/aromatic N) is 3. The molecule has 1 aliphatic heterocycles. The predicted molar refractivity (Wildman–Crippen MR) is 86.6 cm³/mol. The number of nitrogens with one attached hydrogen (secondary N) is 1. The molecule has 1 aromatic carbocycles. The van der Waals surface area contributed by atoms with Crippen LogP contribution in [0.25, 0.3) is 11.3 Å². The number of hydrogen-bond acceptors (Lipinski definition) is 4. The van der Waals surface area contributed by atoms with E-state index in [1.54, 1.807) is 6.20 Å². The third kappa shape index (κ3) is 3.71. The summed E-state index contributed by atoms with van der Waals surface area (Å²) in [5, 5.41) is 4.18. The van der Waals surface area contributed by atoms with Gasteiger partial charge in [-0.05, 0) is 51.2 Å². The second-order valence-corrected chi connectivity index (χ2v) is 5.93. The summed E-state index contributed by atoms with van der Waals surface area (Å²) in [6.07, 6.45) is 4.06. The van der Waals surface area contributed by atoms with E-state index in [9.17, 15) is 0 Å². The highest BCUT2D eigenvalue weighted by molar-refractivity contribution is 6.30. The van der Waals surface area contributed by atoms with Crippen LogP contribution in [0, 0.1) is 0 Å². The summed E-state index contributed by atoms with van der Waals surface area (Å²) in [6, 6.07) is 10.1. The minimum absolute atomic E-state index is 0.460. The van der Waals surface area contributed by atoms with Gasteiger partial charge in [0.25, 0.3) is 0 Å². The van der Waals surface area contributed by atoms with Crippen molar-refractivity contribution in [3.63, 3.8) is 0 Å². The zero-order valence-electron chi connectivity index (χ0n) is 12.1. The lowest BCUT2D eigenvalue weighted by atomic mass is 10.1. The van der Waals surface area contributed by atoms with Crippen LogP contribution < -0.4 is 5.32 Å². The maximum absolute atomic E-state index is 5.92. The third-order valence-electron chi connectivity index (χ3n) is 3.85. The molecule has 1 saturated heterocycles. The van der Waals surface area contributed by atoms with Gasteiger partial charge >= 0.3 is 0 Å². The molecule has 110 valence electrons. The number of benzene rings is 1. The molecule has 0 radical (unpaired) electrons. The Kier molecular flexibility index (Phi) is 4.36. The Bertz CT molecular complexity index is 591. The summed E-state index contributed by atoms with van der Waals surface area (Å²) in [6.45, 7) is 2.24. The van der Waals surface area contributed by atoms with Gasteiger partial charge in [0.1, 0.15) is 0 Å². The number of likely N-dealkylation sites (tertiary alicyclic amines) is 1. The largest absolute Gasteiger partial charge is 0.351 e. The molecule has 1 fully saturated rings. The van der Waals surface area contributed by atoms with E-state index >= 15 is 0 Å². The SMILES string of the molecule is CN1CCC(Nc2nccc(-c3ccc(Cl)cc3)n2)CC1. The molecule has 0 amide bonds. The molecule has 0 spiro atoms. The Morgan fingerprint density at radius 1 is 1.14 bits per heavy atom. The van der Waals surface area contributed by atoms with Crippen LogP contribution in [0.4, 0.5) is 5.95 Å². The van der Waals surface area contributed by atoms with Gasteiger partial charge in [0.05, 0.1) is 5.69 Å². The lowest BCUT2D eigenvalue weighted by Crippen LogP contribution is -2.37. The monoisotopic (exact) mass is 302 g/mol. The fraction of sp³-hybridized carbons (Fsp3) is 0.375. The molecule has 0 bridgehead atoms. The summed E-state index contributed by atoms with van der Waals surface area (Å²) < 4.78 is 0. The Morgan fingerprint density at radius 3 is 2.57 bits per heavy atom. The first-order valence-corrected chi connectivity index (χ1v) is 7.62. The van der Waals surface area contributed by atoms with Gasteiger partial charge in [0.15, 0.2) is 0 Å². The van der Waals surface area contributed by atoms with E-state index in [-0.39, 0.29) is 0 Å². The van der Waals surface area contributed by atoms with Gasteiger partial charge in [-0.25, -0.2) is 9.97 Å². The van der Waals surface area contributed by atoms with Gasteiger partial charge in [-0.3, -0.25) is 0 Å². The molecular weight excluding hydrogens is 284 g/mol. The first-order chi connectivity index (χ1) is 10.2. The predicted octanol–water partition coefficient (Wildman–Crippen LogP) is 3.30. The van der Waals surface area contributed by atoms with Crippen LogP contribution in [0.5, 0.6) is 0 Å². The van der Waals surface area contributed by atoms with Gasteiger partial charge in [0, 0.05) is 22.8 Å². The Balaban J connectivity index is 1.72. The highest BCUT2D eigenvalue weighted by atomic mass is 35.5. The third-order valence-corrected chi connectivity index (χ3v) is 4.10. The van der Waals surface area contributed by atoms with Gasteiger partial charge in [0.2, 0.25) is 5.95 Å². The van der Waals surface area contributed by atoms with Gasteiger partial charge in [-0.15, -0.1) is 0 Å². The van der Waals surface area contributed by atoms with Crippen molar-refractivity contribution in [2.45, 2.75) is 18.9 Å². The summed E-state index contributed by atoms with van der Waals surface area (Å²) >= 11 is 5.92. The molecule has 2 aromatic rings. The van der Waals surface area contributed by atoms with Crippen molar-refractivity contribution in [1.82, 2.24) is 14.9 Å². The highest BCUT2D eigenvalue weighted by Crippen LogP contribution is 2.21. The lowest BCUT2D eigenvalue weighted by molar-refractivity contribution is 0.263. The average molecular weight is 303 g/mol. The first-order valence-electron chi connectivity index (χ1n) is 7.25. The van der Waals surface area contributed by atoms with Gasteiger partial charge in [-0.2, -0.15) is 0 Å². The summed E-state index contributed by atoms with van der Waals surface area (Å²) in [4.78, 5) is 11.3. The van der Waals surface area contributed by atoms with Crippen LogP contribution >= 0.6 is 11.6 Å². The highest BCUT2D eigenvalue weighted by Gasteiger charge is 2.17. The van der Waals surface area contributed by atoms with E-state index < -0.39 is 0 Å². The molecule has 1 N–H and O–H groups in total. The van der Waals surface area contributed by atoms with Crippen LogP contribution in [0.15, 0.2) is 36.5 Å². The van der Waals surface area contributed by atoms with Crippen molar-refractivity contribution in [1.29, 1.82) is 0 Å². The van der Waals surface area contributed by atoms with E-state index in [0.717, 1.165) is 42.2 Å². The Hall–Kier alpha value is -1.65. The molecular formula is C16H19ClN4. The smallest absolute Gasteiger partial charge is 0.223 e. The molecule has 21 heavy (non-hydrogen) atoms. The molecule has 4 nitrogen and oxygen atoms in total. The van der Waals surface area contributed by atoms with Crippen LogP contribution in [-0.2, 0) is 0 Å². The van der Waals surface area contributed by atoms with Crippen molar-refractivity contribution in [2.75, 3.05) is 25.5 Å². The first kappa shape index (κ1) is 14.3. The van der Waals surface area contributed by atoms with E-state index in [0.29, 0.717) is 12.0 Å². The maximum atomic E-state index is 5.92. The zero-order chi connectivity index (χ0) is 14.7. The molecule has 3 rings (SSSR count). The summed E-state index contributed by atoms with van der Waals surface area (Å²) in [5.74, 6) is 0.706. The number of hydrogen-bond donors (Lipinski definition) is 1. The van der Waals surface area contributed by atoms with Crippen LogP contribution in [0.1, 0.15) is 12.8 Å². The van der Waals surface area contributed by atoms with Crippen LogP contribution in [0.3, 0.4) is 0 Å². The number of piperidine rings is 1. The molecule has 5 heteroatoms. The van der Waals surface area contributed by atoms with Crippen molar-refractivity contribution in [3.8, 4) is 11.3 Å². The van der Waals surface area contributed by atoms with E-state index in [4.69, 9.17) is 11.6 Å². The average Bonchev–Trinajstić information content (AvgIpc) is 2.51. The molecule has 0 unspecified atom stereocenters. The fourth-order valence-corrected chi connectivity index (χ4v) is 2.67. The standard InChI is InChI=1S/C16H19ClN4/c1-21-10-7-14(8-11-21)19-16-18-9-6-15(20-16)12-2-4-13(17)5-3-12/h2-6,9,14H,7-8,10-11H2,1H3,(H,18,19,20). The number of rotatable bonds is 3. The molecule has 0 atom stereocenters. The fourth-order valence-electron chi connectivity index (χ4n) is 2.55. The molecule has 1 aliphatic rings. The van der Waals surface area contributed by atoms with Gasteiger partial charge < -0.3 is 10.2 Å². The summed E-state index contributed by atoms with van der Waals surface area (Å²) in [7, 11) is 2.16. The lowest BCUT2D eigenvalue weighted by Gasteiger charge is -2.29. The second-order valence-electron chi connectivity index (χ2n) is 5.49. The summed E-state index contributed by atoms with van der Waals surface area (Å²) in [5.41, 5.74) is 1.96. The van der Waals surface area contributed by atoms with Crippen molar-refractivity contribution >= 4 is 17.5 Å². The number of anilines is 1. The molecule has 1 aromatic heterocycles. The van der Waals surface area contributed by atoms with Crippen molar-refractivity contribution in [2.24, 2.45) is 0 Å². The van der Waals surface area contributed by atoms with E-state index in [2.05, 4.69) is 27.2 Å². The zero-order valence-corrected chi connectivity index (χ0v) is 12.8. The van der Waals surface area contributed by atoms with Crippen molar-refractivity contribution < 1.29 is 0 Å². The quantitative estimate of drug-likeness (QED) is 0.944. The minimum Gasteiger partial charge on any atom is -0.351 e. The molecule has 2 heterocycles. The Morgan fingerprint density at radius 2 is 1.86 bits per heavy atom. The van der Waals surface area contributed by atoms with Crippen LogP contribution in [-0.4, -0.2) is 41.0 Å². The topological polar surface area (TPSA) is 41.0 Å². The number of aromatic nitrogens is 2. The Labute approximate surface area is 130 Å². The van der Waals surface area contributed by atoms with Gasteiger partial charge in [-0.1, -0.05) is 23.7 Å². The second kappa shape index (κ2) is 6.41. The van der Waals surface area contributed by atoms with Crippen molar-refractivity contribution in [3.05, 3.63) is 41.6 Å². The van der Waals surface area contributed by atoms with Crippen LogP contribution in [0.2, 0.25) is 5.02 Å². The number of halogens is 1. The van der Waals surface area contributed by atoms with E-state index in [1.807, 2.05) is 30.3 Å². The maximum Gasteiger partial charge on any atom is 0.223 e. The minimum atomic E-state index is 0.460. The molecule has 0 aliphatic carbocycles. The van der Waals surface area contributed by atoms with E-state index in [1.165, 1.54) is 0 Å². The normalized spacial score (nSPS) is 16.9.